The summed E-state index contributed by atoms with van der Waals surface area (Å²) in [6, 6.07) is 8.77. The Balaban J connectivity index is 1.45. The predicted molar refractivity (Wildman–Crippen MR) is 142 cm³/mol. The molecule has 39 heavy (non-hydrogen) atoms. The lowest BCUT2D eigenvalue weighted by molar-refractivity contribution is -0.168. The number of benzene rings is 2. The molecule has 0 spiro atoms. The lowest BCUT2D eigenvalue weighted by Crippen LogP contribution is -2.28. The molecule has 1 saturated heterocycles. The normalized spacial score (nSPS) is 20.2. The van der Waals surface area contributed by atoms with Crippen molar-refractivity contribution in [2.24, 2.45) is 12.5 Å². The molecular weight excluding hydrogens is 533 g/mol. The van der Waals surface area contributed by atoms with Crippen molar-refractivity contribution >= 4 is 34.0 Å². The number of hydrogen-bond acceptors (Lipinski definition) is 6. The highest BCUT2D eigenvalue weighted by Crippen LogP contribution is 2.57. The summed E-state index contributed by atoms with van der Waals surface area (Å²) in [6.45, 7) is 2.44. The summed E-state index contributed by atoms with van der Waals surface area (Å²) in [7, 11) is 1.64. The number of alkyl halides is 3. The summed E-state index contributed by atoms with van der Waals surface area (Å²) < 4.78 is 53.8. The van der Waals surface area contributed by atoms with Crippen molar-refractivity contribution < 1.29 is 22.6 Å². The summed E-state index contributed by atoms with van der Waals surface area (Å²) in [6.07, 6.45) is -3.51. The monoisotopic (exact) mass is 558 g/mol. The molecule has 1 N–H and O–H groups in total. The van der Waals surface area contributed by atoms with E-state index in [0.717, 1.165) is 19.5 Å². The van der Waals surface area contributed by atoms with Gasteiger partial charge in [0.1, 0.15) is 23.1 Å². The molecule has 2 aromatic carbocycles. The maximum Gasteiger partial charge on any atom is 0.405 e. The molecular formula is C28H26ClF3N4O3. The Bertz CT molecular complexity index is 1570. The van der Waals surface area contributed by atoms with Gasteiger partial charge in [-0.15, -0.1) is 0 Å². The van der Waals surface area contributed by atoms with Crippen molar-refractivity contribution in [3.8, 4) is 17.6 Å². The maximum atomic E-state index is 13.5. The van der Waals surface area contributed by atoms with Crippen LogP contribution in [0.4, 0.5) is 24.7 Å². The van der Waals surface area contributed by atoms with Gasteiger partial charge >= 0.3 is 11.9 Å². The molecule has 0 amide bonds. The van der Waals surface area contributed by atoms with Gasteiger partial charge < -0.3 is 19.7 Å². The third kappa shape index (κ3) is 4.73. The van der Waals surface area contributed by atoms with E-state index in [-0.39, 0.29) is 25.6 Å². The van der Waals surface area contributed by atoms with Crippen LogP contribution >= 0.6 is 11.6 Å². The number of ether oxygens (including phenoxy) is 2. The number of aryl methyl sites for hydroxylation is 1. The Morgan fingerprint density at radius 3 is 2.82 bits per heavy atom. The molecule has 1 unspecified atom stereocenters. The summed E-state index contributed by atoms with van der Waals surface area (Å²) in [4.78, 5) is 19.2. The second-order valence-electron chi connectivity index (χ2n) is 10.1. The number of aromatic nitrogens is 2. The van der Waals surface area contributed by atoms with Crippen LogP contribution in [-0.2, 0) is 18.4 Å². The number of fused-ring (bicyclic) bond motifs is 2. The van der Waals surface area contributed by atoms with Gasteiger partial charge in [0.25, 0.3) is 0 Å². The first-order valence-electron chi connectivity index (χ1n) is 12.8. The Hall–Kier alpha value is -3.26. The predicted octanol–water partition coefficient (Wildman–Crippen LogP) is 4.69. The number of hydrogen-bond donors (Lipinski definition) is 1. The van der Waals surface area contributed by atoms with Crippen molar-refractivity contribution in [3.63, 3.8) is 0 Å². The molecule has 2 fully saturated rings. The number of halogens is 4. The van der Waals surface area contributed by atoms with E-state index in [9.17, 15) is 18.0 Å². The second kappa shape index (κ2) is 9.73. The fourth-order valence-corrected chi connectivity index (χ4v) is 5.30. The fourth-order valence-electron chi connectivity index (χ4n) is 5.09. The maximum absolute atomic E-state index is 13.5. The number of anilines is 2. The van der Waals surface area contributed by atoms with Crippen LogP contribution in [0.3, 0.4) is 0 Å². The Morgan fingerprint density at radius 2 is 2.10 bits per heavy atom. The Kier molecular flexibility index (Phi) is 6.49. The first kappa shape index (κ1) is 26.0. The first-order valence-corrected chi connectivity index (χ1v) is 13.2. The summed E-state index contributed by atoms with van der Waals surface area (Å²) in [5.74, 6) is 6.14. The quantitative estimate of drug-likeness (QED) is 0.471. The largest absolute Gasteiger partial charge is 0.487 e. The SMILES string of the molecule is Cn1c(=O)nc(N2CCOCc3c(C#CC4(C(F)(F)F)CC4)cccc32)c2cc(Cl)c(OC3CCNC3)cc21. The van der Waals surface area contributed by atoms with E-state index in [1.54, 1.807) is 31.3 Å². The molecule has 0 radical (unpaired) electrons. The van der Waals surface area contributed by atoms with Gasteiger partial charge in [-0.1, -0.05) is 29.5 Å². The molecule has 0 bridgehead atoms. The van der Waals surface area contributed by atoms with Crippen molar-refractivity contribution in [3.05, 3.63) is 57.0 Å². The summed E-state index contributed by atoms with van der Waals surface area (Å²) >= 11 is 6.66. The highest BCUT2D eigenvalue weighted by atomic mass is 35.5. The molecule has 204 valence electrons. The summed E-state index contributed by atoms with van der Waals surface area (Å²) in [5.41, 5.74) is -0.0182. The number of rotatable bonds is 3. The number of nitrogens with zero attached hydrogens (tertiary/aromatic N) is 3. The first-order chi connectivity index (χ1) is 18.7. The van der Waals surface area contributed by atoms with Gasteiger partial charge in [0.05, 0.1) is 23.8 Å². The molecule has 2 aliphatic heterocycles. The minimum absolute atomic E-state index is 0.00802. The van der Waals surface area contributed by atoms with E-state index in [2.05, 4.69) is 22.1 Å². The van der Waals surface area contributed by atoms with E-state index < -0.39 is 17.3 Å². The number of nitrogens with one attached hydrogen (secondary N) is 1. The minimum atomic E-state index is -4.36. The van der Waals surface area contributed by atoms with E-state index >= 15 is 0 Å². The lowest BCUT2D eigenvalue weighted by atomic mass is 10.0. The molecule has 6 rings (SSSR count). The van der Waals surface area contributed by atoms with Crippen molar-refractivity contribution in [2.75, 3.05) is 31.1 Å². The molecule has 3 heterocycles. The van der Waals surface area contributed by atoms with Crippen LogP contribution in [-0.4, -0.2) is 48.1 Å². The molecule has 1 saturated carbocycles. The van der Waals surface area contributed by atoms with E-state index in [1.807, 2.05) is 11.0 Å². The van der Waals surface area contributed by atoms with Gasteiger partial charge in [-0.25, -0.2) is 4.79 Å². The van der Waals surface area contributed by atoms with Crippen LogP contribution in [0.2, 0.25) is 5.02 Å². The van der Waals surface area contributed by atoms with Gasteiger partial charge in [0.2, 0.25) is 0 Å². The third-order valence-electron chi connectivity index (χ3n) is 7.58. The zero-order chi connectivity index (χ0) is 27.4. The van der Waals surface area contributed by atoms with Gasteiger partial charge in [0.15, 0.2) is 0 Å². The smallest absolute Gasteiger partial charge is 0.405 e. The van der Waals surface area contributed by atoms with Crippen LogP contribution < -0.4 is 20.6 Å². The van der Waals surface area contributed by atoms with Crippen LogP contribution in [0, 0.1) is 17.3 Å². The Labute approximate surface area is 227 Å². The molecule has 7 nitrogen and oxygen atoms in total. The van der Waals surface area contributed by atoms with Gasteiger partial charge in [0, 0.05) is 48.4 Å². The highest BCUT2D eigenvalue weighted by Gasteiger charge is 2.62. The van der Waals surface area contributed by atoms with Crippen LogP contribution in [0.5, 0.6) is 5.75 Å². The van der Waals surface area contributed by atoms with Crippen molar-refractivity contribution in [2.45, 2.75) is 38.1 Å². The molecule has 3 aliphatic rings. The van der Waals surface area contributed by atoms with Gasteiger partial charge in [-0.3, -0.25) is 4.57 Å². The Morgan fingerprint density at radius 1 is 1.28 bits per heavy atom. The summed E-state index contributed by atoms with van der Waals surface area (Å²) in [5, 5.41) is 4.28. The zero-order valence-electron chi connectivity index (χ0n) is 21.2. The fraction of sp³-hybridized carbons (Fsp3) is 0.429. The van der Waals surface area contributed by atoms with Crippen molar-refractivity contribution in [1.82, 2.24) is 14.9 Å². The van der Waals surface area contributed by atoms with E-state index in [1.165, 1.54) is 4.57 Å². The topological polar surface area (TPSA) is 68.6 Å². The standard InChI is InChI=1S/C28H26ClF3N4O3/c1-35-23-14-24(39-18-6-10-33-15-18)21(29)13-19(23)25(34-26(35)37)36-11-12-38-16-20-17(3-2-4-22(20)36)5-7-27(8-9-27)28(30,31)32/h2-4,13-14,18,33H,6,8-12,15-16H2,1H3. The average molecular weight is 559 g/mol. The lowest BCUT2D eigenvalue weighted by Gasteiger charge is -2.26. The average Bonchev–Trinajstić information content (AvgIpc) is 3.60. The molecule has 1 atom stereocenters. The molecule has 11 heteroatoms. The minimum Gasteiger partial charge on any atom is -0.487 e. The zero-order valence-corrected chi connectivity index (χ0v) is 22.0. The highest BCUT2D eigenvalue weighted by molar-refractivity contribution is 6.33. The molecule has 3 aromatic rings. The van der Waals surface area contributed by atoms with Crippen LogP contribution in [0.15, 0.2) is 35.1 Å². The third-order valence-corrected chi connectivity index (χ3v) is 7.88. The van der Waals surface area contributed by atoms with Gasteiger partial charge in [-0.2, -0.15) is 18.2 Å². The van der Waals surface area contributed by atoms with Crippen LogP contribution in [0.1, 0.15) is 30.4 Å². The van der Waals surface area contributed by atoms with Gasteiger partial charge in [-0.05, 0) is 44.0 Å². The van der Waals surface area contributed by atoms with E-state index in [0.29, 0.717) is 57.5 Å². The van der Waals surface area contributed by atoms with Crippen LogP contribution in [0.25, 0.3) is 10.9 Å². The second-order valence-corrected chi connectivity index (χ2v) is 10.6. The molecule has 1 aromatic heterocycles. The van der Waals surface area contributed by atoms with E-state index in [4.69, 9.17) is 21.1 Å². The molecule has 1 aliphatic carbocycles. The van der Waals surface area contributed by atoms with Crippen molar-refractivity contribution in [1.29, 1.82) is 0 Å².